The molecule has 0 aliphatic heterocycles. The zero-order chi connectivity index (χ0) is 14.0. The van der Waals surface area contributed by atoms with Crippen LogP contribution in [0, 0.1) is 0 Å². The van der Waals surface area contributed by atoms with Gasteiger partial charge in [-0.1, -0.05) is 17.7 Å². The van der Waals surface area contributed by atoms with Gasteiger partial charge in [-0.05, 0) is 24.7 Å². The number of nitrogens with zero attached hydrogens (tertiary/aromatic N) is 2. The van der Waals surface area contributed by atoms with E-state index in [-0.39, 0.29) is 12.1 Å². The van der Waals surface area contributed by atoms with Crippen molar-refractivity contribution in [3.63, 3.8) is 0 Å². The van der Waals surface area contributed by atoms with Crippen molar-refractivity contribution in [2.75, 3.05) is 7.05 Å². The van der Waals surface area contributed by atoms with Gasteiger partial charge in [0.1, 0.15) is 0 Å². The van der Waals surface area contributed by atoms with Gasteiger partial charge in [0.05, 0.1) is 22.5 Å². The average Bonchev–Trinajstić information content (AvgIpc) is 2.75. The smallest absolute Gasteiger partial charge is 0.316 e. The second-order valence-corrected chi connectivity index (χ2v) is 4.41. The molecule has 0 aliphatic carbocycles. The zero-order valence-corrected chi connectivity index (χ0v) is 10.8. The first-order valence-corrected chi connectivity index (χ1v) is 5.85. The summed E-state index contributed by atoms with van der Waals surface area (Å²) in [6.07, 6.45) is -1.58. The van der Waals surface area contributed by atoms with Gasteiger partial charge in [0.15, 0.2) is 0 Å². The van der Waals surface area contributed by atoms with Crippen molar-refractivity contribution in [1.82, 2.24) is 15.1 Å². The molecule has 0 atom stereocenters. The maximum atomic E-state index is 13.0. The minimum atomic E-state index is -4.40. The Hall–Kier alpha value is -1.53. The fourth-order valence-electron chi connectivity index (χ4n) is 1.76. The lowest BCUT2D eigenvalue weighted by Crippen LogP contribution is -2.15. The second-order valence-electron chi connectivity index (χ2n) is 3.97. The summed E-state index contributed by atoms with van der Waals surface area (Å²) in [6.45, 7) is 0.148. The van der Waals surface area contributed by atoms with Crippen LogP contribution in [-0.2, 0) is 12.7 Å². The SMILES string of the molecule is CNCc1ccc(-n2cc(Cl)cn2)cc1C(F)(F)F. The number of benzene rings is 1. The maximum Gasteiger partial charge on any atom is 0.416 e. The van der Waals surface area contributed by atoms with E-state index < -0.39 is 11.7 Å². The molecule has 0 aliphatic rings. The van der Waals surface area contributed by atoms with Gasteiger partial charge in [-0.3, -0.25) is 0 Å². The molecule has 0 radical (unpaired) electrons. The summed E-state index contributed by atoms with van der Waals surface area (Å²) in [5.41, 5.74) is -0.165. The van der Waals surface area contributed by atoms with Gasteiger partial charge in [-0.2, -0.15) is 18.3 Å². The van der Waals surface area contributed by atoms with Crippen LogP contribution in [0.15, 0.2) is 30.6 Å². The van der Waals surface area contributed by atoms with Crippen molar-refractivity contribution in [1.29, 1.82) is 0 Å². The Bertz CT molecular complexity index is 578. The van der Waals surface area contributed by atoms with Gasteiger partial charge < -0.3 is 5.32 Å². The van der Waals surface area contributed by atoms with Crippen molar-refractivity contribution >= 4 is 11.6 Å². The molecule has 0 amide bonds. The first kappa shape index (κ1) is 13.9. The van der Waals surface area contributed by atoms with Crippen molar-refractivity contribution in [3.8, 4) is 5.69 Å². The molecule has 0 bridgehead atoms. The van der Waals surface area contributed by atoms with Crippen LogP contribution in [-0.4, -0.2) is 16.8 Å². The van der Waals surface area contributed by atoms with Crippen LogP contribution in [0.2, 0.25) is 5.02 Å². The molecule has 2 rings (SSSR count). The normalized spacial score (nSPS) is 11.8. The summed E-state index contributed by atoms with van der Waals surface area (Å²) in [5, 5.41) is 6.97. The van der Waals surface area contributed by atoms with Crippen LogP contribution < -0.4 is 5.32 Å². The first-order chi connectivity index (χ1) is 8.91. The average molecular weight is 290 g/mol. The Balaban J connectivity index is 2.49. The van der Waals surface area contributed by atoms with Crippen molar-refractivity contribution in [2.45, 2.75) is 12.7 Å². The second kappa shape index (κ2) is 5.22. The van der Waals surface area contributed by atoms with Gasteiger partial charge in [0.25, 0.3) is 0 Å². The molecule has 0 saturated heterocycles. The third kappa shape index (κ3) is 3.08. The third-order valence-corrected chi connectivity index (χ3v) is 2.78. The van der Waals surface area contributed by atoms with Gasteiger partial charge in [-0.15, -0.1) is 0 Å². The number of rotatable bonds is 3. The predicted molar refractivity (Wildman–Crippen MR) is 66.3 cm³/mol. The fraction of sp³-hybridized carbons (Fsp3) is 0.250. The Morgan fingerprint density at radius 3 is 2.63 bits per heavy atom. The summed E-state index contributed by atoms with van der Waals surface area (Å²) in [6, 6.07) is 4.07. The van der Waals surface area contributed by atoms with Gasteiger partial charge >= 0.3 is 6.18 Å². The van der Waals surface area contributed by atoms with Crippen LogP contribution >= 0.6 is 11.6 Å². The molecule has 0 fully saturated rings. The monoisotopic (exact) mass is 289 g/mol. The van der Waals surface area contributed by atoms with E-state index in [9.17, 15) is 13.2 Å². The number of hydrogen-bond donors (Lipinski definition) is 1. The molecular formula is C12H11ClF3N3. The van der Waals surface area contributed by atoms with E-state index >= 15 is 0 Å². The molecule has 102 valence electrons. The van der Waals surface area contributed by atoms with E-state index in [4.69, 9.17) is 11.6 Å². The van der Waals surface area contributed by atoms with E-state index in [0.29, 0.717) is 10.7 Å². The fourth-order valence-corrected chi connectivity index (χ4v) is 1.89. The summed E-state index contributed by atoms with van der Waals surface area (Å²) < 4.78 is 40.3. The Morgan fingerprint density at radius 1 is 1.37 bits per heavy atom. The van der Waals surface area contributed by atoms with Crippen LogP contribution in [0.25, 0.3) is 5.69 Å². The van der Waals surface area contributed by atoms with Gasteiger partial charge in [-0.25, -0.2) is 4.68 Å². The molecule has 19 heavy (non-hydrogen) atoms. The van der Waals surface area contributed by atoms with Gasteiger partial charge in [0, 0.05) is 12.7 Å². The van der Waals surface area contributed by atoms with Crippen LogP contribution in [0.5, 0.6) is 0 Å². The number of alkyl halides is 3. The third-order valence-electron chi connectivity index (χ3n) is 2.58. The maximum absolute atomic E-state index is 13.0. The quantitative estimate of drug-likeness (QED) is 0.940. The molecular weight excluding hydrogens is 279 g/mol. The summed E-state index contributed by atoms with van der Waals surface area (Å²) in [7, 11) is 1.60. The van der Waals surface area contributed by atoms with Crippen molar-refractivity contribution < 1.29 is 13.2 Å². The van der Waals surface area contributed by atoms with E-state index in [2.05, 4.69) is 10.4 Å². The molecule has 3 nitrogen and oxygen atoms in total. The predicted octanol–water partition coefficient (Wildman–Crippen LogP) is 3.26. The highest BCUT2D eigenvalue weighted by Gasteiger charge is 2.33. The van der Waals surface area contributed by atoms with Crippen molar-refractivity contribution in [2.24, 2.45) is 0 Å². The Morgan fingerprint density at radius 2 is 2.11 bits per heavy atom. The van der Waals surface area contributed by atoms with Crippen LogP contribution in [0.1, 0.15) is 11.1 Å². The summed E-state index contributed by atoms with van der Waals surface area (Å²) >= 11 is 5.71. The summed E-state index contributed by atoms with van der Waals surface area (Å²) in [4.78, 5) is 0. The molecule has 7 heteroatoms. The number of nitrogens with one attached hydrogen (secondary N) is 1. The lowest BCUT2D eigenvalue weighted by atomic mass is 10.1. The van der Waals surface area contributed by atoms with E-state index in [1.54, 1.807) is 13.1 Å². The topological polar surface area (TPSA) is 29.9 Å². The highest BCUT2D eigenvalue weighted by molar-refractivity contribution is 6.30. The largest absolute Gasteiger partial charge is 0.416 e. The minimum absolute atomic E-state index is 0.148. The summed E-state index contributed by atoms with van der Waals surface area (Å²) in [5.74, 6) is 0. The molecule has 0 unspecified atom stereocenters. The van der Waals surface area contributed by atoms with Gasteiger partial charge in [0.2, 0.25) is 0 Å². The molecule has 1 N–H and O–H groups in total. The van der Waals surface area contributed by atoms with Crippen LogP contribution in [0.3, 0.4) is 0 Å². The zero-order valence-electron chi connectivity index (χ0n) is 10.0. The highest BCUT2D eigenvalue weighted by atomic mass is 35.5. The Labute approximate surface area is 113 Å². The number of aromatic nitrogens is 2. The highest BCUT2D eigenvalue weighted by Crippen LogP contribution is 2.33. The minimum Gasteiger partial charge on any atom is -0.316 e. The number of hydrogen-bond acceptors (Lipinski definition) is 2. The molecule has 1 aromatic carbocycles. The Kier molecular flexibility index (Phi) is 3.82. The first-order valence-electron chi connectivity index (χ1n) is 5.47. The van der Waals surface area contributed by atoms with Crippen molar-refractivity contribution in [3.05, 3.63) is 46.7 Å². The standard InChI is InChI=1S/C12H11ClF3N3/c1-17-5-8-2-3-10(4-11(8)12(14,15)16)19-7-9(13)6-18-19/h2-4,6-7,17H,5H2,1H3. The van der Waals surface area contributed by atoms with E-state index in [0.717, 1.165) is 6.07 Å². The molecule has 0 saturated carbocycles. The lowest BCUT2D eigenvalue weighted by Gasteiger charge is -2.14. The number of halogens is 4. The molecule has 2 aromatic rings. The lowest BCUT2D eigenvalue weighted by molar-refractivity contribution is -0.138. The van der Waals surface area contributed by atoms with Crippen LogP contribution in [0.4, 0.5) is 13.2 Å². The molecule has 0 spiro atoms. The molecule has 1 heterocycles. The van der Waals surface area contributed by atoms with E-state index in [1.807, 2.05) is 0 Å². The van der Waals surface area contributed by atoms with E-state index in [1.165, 1.54) is 23.1 Å². The molecule has 1 aromatic heterocycles.